The number of nitrogens with one attached hydrogen (secondary N) is 1. The maximum absolute atomic E-state index is 13.0. The first-order valence-electron chi connectivity index (χ1n) is 9.48. The van der Waals surface area contributed by atoms with Crippen LogP contribution in [0.3, 0.4) is 0 Å². The molecule has 0 fully saturated rings. The molecule has 0 aliphatic heterocycles. The van der Waals surface area contributed by atoms with Gasteiger partial charge in [-0.05, 0) is 43.0 Å². The van der Waals surface area contributed by atoms with E-state index in [1.807, 2.05) is 6.92 Å². The average Bonchev–Trinajstić information content (AvgIpc) is 3.19. The van der Waals surface area contributed by atoms with E-state index in [9.17, 15) is 14.4 Å². The predicted molar refractivity (Wildman–Crippen MR) is 124 cm³/mol. The lowest BCUT2D eigenvalue weighted by Gasteiger charge is -2.13. The molecule has 0 radical (unpaired) electrons. The molecule has 1 aromatic carbocycles. The molecule has 0 aliphatic carbocycles. The minimum absolute atomic E-state index is 0.0000737. The molecule has 164 valence electrons. The van der Waals surface area contributed by atoms with E-state index in [0.29, 0.717) is 52.3 Å². The summed E-state index contributed by atoms with van der Waals surface area (Å²) in [7, 11) is 0. The van der Waals surface area contributed by atoms with Crippen LogP contribution in [0, 0.1) is 0 Å². The number of nitrogens with two attached hydrogens (primary N) is 1. The second-order valence-corrected chi connectivity index (χ2v) is 8.72. The SMILES string of the molecule is CCOCCCn1c(SCC(=O)Nc2sccc2C(N)=O)nc2cc(Cl)ccc2c1=O. The van der Waals surface area contributed by atoms with Crippen molar-refractivity contribution in [3.05, 3.63) is 50.6 Å². The van der Waals surface area contributed by atoms with Crippen LogP contribution >= 0.6 is 34.7 Å². The van der Waals surface area contributed by atoms with Crippen LogP contribution in [0.15, 0.2) is 39.6 Å². The van der Waals surface area contributed by atoms with Crippen LogP contribution in [0.1, 0.15) is 23.7 Å². The minimum atomic E-state index is -0.611. The summed E-state index contributed by atoms with van der Waals surface area (Å²) in [6, 6.07) is 6.47. The number of anilines is 1. The number of hydrogen-bond donors (Lipinski definition) is 2. The van der Waals surface area contributed by atoms with Crippen LogP contribution in [0.25, 0.3) is 10.9 Å². The average molecular weight is 481 g/mol. The van der Waals surface area contributed by atoms with Crippen LogP contribution in [0.4, 0.5) is 5.00 Å². The molecule has 0 atom stereocenters. The summed E-state index contributed by atoms with van der Waals surface area (Å²) in [4.78, 5) is 41.4. The molecule has 2 heterocycles. The van der Waals surface area contributed by atoms with Crippen molar-refractivity contribution in [3.63, 3.8) is 0 Å². The van der Waals surface area contributed by atoms with E-state index in [2.05, 4.69) is 10.3 Å². The van der Waals surface area contributed by atoms with Crippen molar-refractivity contribution in [2.75, 3.05) is 24.3 Å². The molecule has 11 heteroatoms. The number of halogens is 1. The number of aromatic nitrogens is 2. The molecule has 0 saturated heterocycles. The maximum atomic E-state index is 13.0. The number of primary amides is 1. The highest BCUT2D eigenvalue weighted by atomic mass is 35.5. The van der Waals surface area contributed by atoms with Crippen LogP contribution in [-0.2, 0) is 16.1 Å². The van der Waals surface area contributed by atoms with Gasteiger partial charge in [0.25, 0.3) is 11.5 Å². The Hall–Kier alpha value is -2.40. The largest absolute Gasteiger partial charge is 0.382 e. The predicted octanol–water partition coefficient (Wildman–Crippen LogP) is 3.37. The van der Waals surface area contributed by atoms with E-state index in [4.69, 9.17) is 22.1 Å². The van der Waals surface area contributed by atoms with E-state index >= 15 is 0 Å². The molecule has 0 saturated carbocycles. The first-order valence-corrected chi connectivity index (χ1v) is 11.7. The molecule has 31 heavy (non-hydrogen) atoms. The van der Waals surface area contributed by atoms with Crippen LogP contribution < -0.4 is 16.6 Å². The number of fused-ring (bicyclic) bond motifs is 1. The number of benzene rings is 1. The number of amides is 2. The zero-order valence-corrected chi connectivity index (χ0v) is 19.1. The number of carbonyl (C=O) groups is 2. The van der Waals surface area contributed by atoms with Crippen molar-refractivity contribution >= 4 is 62.4 Å². The first-order chi connectivity index (χ1) is 14.9. The van der Waals surface area contributed by atoms with Gasteiger partial charge in [0.2, 0.25) is 5.91 Å². The molecular weight excluding hydrogens is 460 g/mol. The summed E-state index contributed by atoms with van der Waals surface area (Å²) in [5.41, 5.74) is 5.84. The summed E-state index contributed by atoms with van der Waals surface area (Å²) in [6.07, 6.45) is 0.630. The van der Waals surface area contributed by atoms with Gasteiger partial charge < -0.3 is 15.8 Å². The van der Waals surface area contributed by atoms with Crippen molar-refractivity contribution in [1.29, 1.82) is 0 Å². The third-order valence-electron chi connectivity index (χ3n) is 4.27. The van der Waals surface area contributed by atoms with Gasteiger partial charge >= 0.3 is 0 Å². The fourth-order valence-corrected chi connectivity index (χ4v) is 4.64. The molecule has 0 unspecified atom stereocenters. The molecule has 0 bridgehead atoms. The number of ether oxygens (including phenoxy) is 1. The Morgan fingerprint density at radius 3 is 2.90 bits per heavy atom. The van der Waals surface area contributed by atoms with Crippen molar-refractivity contribution in [2.45, 2.75) is 25.0 Å². The fourth-order valence-electron chi connectivity index (χ4n) is 2.84. The molecule has 8 nitrogen and oxygen atoms in total. The lowest BCUT2D eigenvalue weighted by atomic mass is 10.2. The highest BCUT2D eigenvalue weighted by Gasteiger charge is 2.16. The van der Waals surface area contributed by atoms with Crippen LogP contribution in [0.2, 0.25) is 5.02 Å². The Kier molecular flexibility index (Phi) is 8.08. The Balaban J connectivity index is 1.81. The van der Waals surface area contributed by atoms with Gasteiger partial charge in [0, 0.05) is 24.8 Å². The molecule has 3 aromatic rings. The topological polar surface area (TPSA) is 116 Å². The second-order valence-electron chi connectivity index (χ2n) is 6.43. The zero-order valence-electron chi connectivity index (χ0n) is 16.7. The van der Waals surface area contributed by atoms with Gasteiger partial charge in [-0.3, -0.25) is 19.0 Å². The Morgan fingerprint density at radius 1 is 1.35 bits per heavy atom. The lowest BCUT2D eigenvalue weighted by molar-refractivity contribution is -0.113. The summed E-state index contributed by atoms with van der Waals surface area (Å²) in [5.74, 6) is -0.947. The van der Waals surface area contributed by atoms with E-state index < -0.39 is 5.91 Å². The van der Waals surface area contributed by atoms with Gasteiger partial charge in [-0.2, -0.15) is 0 Å². The summed E-state index contributed by atoms with van der Waals surface area (Å²) >= 11 is 8.40. The van der Waals surface area contributed by atoms with Gasteiger partial charge in [0.1, 0.15) is 5.00 Å². The lowest BCUT2D eigenvalue weighted by Crippen LogP contribution is -2.25. The minimum Gasteiger partial charge on any atom is -0.382 e. The van der Waals surface area contributed by atoms with E-state index in [-0.39, 0.29) is 22.8 Å². The van der Waals surface area contributed by atoms with Gasteiger partial charge in [-0.15, -0.1) is 11.3 Å². The van der Waals surface area contributed by atoms with Crippen molar-refractivity contribution in [3.8, 4) is 0 Å². The molecular formula is C20H21ClN4O4S2. The second kappa shape index (κ2) is 10.8. The third-order valence-corrected chi connectivity index (χ3v) is 6.31. The number of thiophene rings is 1. The van der Waals surface area contributed by atoms with Gasteiger partial charge in [0.15, 0.2) is 5.16 Å². The number of rotatable bonds is 10. The van der Waals surface area contributed by atoms with E-state index in [1.54, 1.807) is 34.2 Å². The molecule has 2 aromatic heterocycles. The number of thioether (sulfide) groups is 1. The highest BCUT2D eigenvalue weighted by Crippen LogP contribution is 2.24. The van der Waals surface area contributed by atoms with Crippen molar-refractivity contribution in [2.24, 2.45) is 5.73 Å². The monoisotopic (exact) mass is 480 g/mol. The quantitative estimate of drug-likeness (QED) is 0.261. The Morgan fingerprint density at radius 2 is 2.16 bits per heavy atom. The summed E-state index contributed by atoms with van der Waals surface area (Å²) in [5, 5.41) is 6.09. The van der Waals surface area contributed by atoms with Gasteiger partial charge in [-0.25, -0.2) is 4.98 Å². The van der Waals surface area contributed by atoms with Crippen molar-refractivity contribution in [1.82, 2.24) is 9.55 Å². The summed E-state index contributed by atoms with van der Waals surface area (Å²) < 4.78 is 6.91. The molecule has 0 aliphatic rings. The fraction of sp³-hybridized carbons (Fsp3) is 0.300. The Labute approximate surface area is 191 Å². The first kappa shape index (κ1) is 23.3. The van der Waals surface area contributed by atoms with E-state index in [0.717, 1.165) is 11.8 Å². The molecule has 0 spiro atoms. The highest BCUT2D eigenvalue weighted by molar-refractivity contribution is 7.99. The standard InChI is InChI=1S/C20H21ClN4O4S2/c1-2-29-8-3-7-25-19(28)13-5-4-12(21)10-15(13)23-20(25)31-11-16(26)24-18-14(17(22)27)6-9-30-18/h4-6,9-10H,2-3,7-8,11H2,1H3,(H2,22,27)(H,24,26). The molecule has 3 N–H and O–H groups in total. The third kappa shape index (κ3) is 5.85. The summed E-state index contributed by atoms with van der Waals surface area (Å²) in [6.45, 7) is 3.43. The number of hydrogen-bond acceptors (Lipinski definition) is 7. The maximum Gasteiger partial charge on any atom is 0.262 e. The van der Waals surface area contributed by atoms with Gasteiger partial charge in [0.05, 0.1) is 22.2 Å². The van der Waals surface area contributed by atoms with Crippen LogP contribution in [-0.4, -0.2) is 40.3 Å². The molecule has 3 rings (SSSR count). The number of nitrogens with zero attached hydrogens (tertiary/aromatic N) is 2. The normalized spacial score (nSPS) is 11.0. The zero-order chi connectivity index (χ0) is 22.4. The Bertz CT molecular complexity index is 1160. The van der Waals surface area contributed by atoms with E-state index in [1.165, 1.54) is 11.3 Å². The smallest absolute Gasteiger partial charge is 0.262 e. The van der Waals surface area contributed by atoms with Gasteiger partial charge in [-0.1, -0.05) is 23.4 Å². The van der Waals surface area contributed by atoms with Crippen molar-refractivity contribution < 1.29 is 14.3 Å². The molecule has 2 amide bonds. The number of carbonyl (C=O) groups excluding carboxylic acids is 2. The van der Waals surface area contributed by atoms with Crippen LogP contribution in [0.5, 0.6) is 0 Å².